The summed E-state index contributed by atoms with van der Waals surface area (Å²) >= 11 is 0. The molecule has 2 aliphatic heterocycles. The zero-order valence-electron chi connectivity index (χ0n) is 12.9. The van der Waals surface area contributed by atoms with E-state index in [1.807, 2.05) is 0 Å². The Balaban J connectivity index is 1.58. The van der Waals surface area contributed by atoms with Gasteiger partial charge in [-0.25, -0.2) is 0 Å². The van der Waals surface area contributed by atoms with Crippen LogP contribution in [0, 0.1) is 0 Å². The summed E-state index contributed by atoms with van der Waals surface area (Å²) < 4.78 is 0. The molecule has 1 unspecified atom stereocenters. The monoisotopic (exact) mass is 293 g/mol. The van der Waals surface area contributed by atoms with Gasteiger partial charge < -0.3 is 15.5 Å². The van der Waals surface area contributed by atoms with Crippen LogP contribution in [0.4, 0.5) is 11.4 Å². The van der Waals surface area contributed by atoms with Gasteiger partial charge in [0.1, 0.15) is 0 Å². The molecule has 0 amide bonds. The van der Waals surface area contributed by atoms with Gasteiger partial charge in [-0.1, -0.05) is 30.3 Å². The molecule has 3 heteroatoms. The van der Waals surface area contributed by atoms with Gasteiger partial charge >= 0.3 is 0 Å². The normalized spacial score (nSPS) is 20.5. The first-order chi connectivity index (χ1) is 10.9. The van der Waals surface area contributed by atoms with E-state index >= 15 is 0 Å². The zero-order chi connectivity index (χ0) is 14.8. The van der Waals surface area contributed by atoms with E-state index in [4.69, 9.17) is 0 Å². The predicted octanol–water partition coefficient (Wildman–Crippen LogP) is 2.68. The van der Waals surface area contributed by atoms with Gasteiger partial charge in [0, 0.05) is 43.6 Å². The molecule has 2 aromatic carbocycles. The standard InChI is InChI=1S/C19H23N3/c1-2-4-15(5-3-1)12-18-14-20-10-11-22(18)17-6-7-19-16(13-17)8-9-21-19/h1-7,13,18,20-21H,8-12,14H2. The largest absolute Gasteiger partial charge is 0.384 e. The average Bonchev–Trinajstić information content (AvgIpc) is 3.04. The molecule has 0 saturated carbocycles. The van der Waals surface area contributed by atoms with Gasteiger partial charge in [-0.2, -0.15) is 0 Å². The summed E-state index contributed by atoms with van der Waals surface area (Å²) in [5.74, 6) is 0. The number of hydrogen-bond acceptors (Lipinski definition) is 3. The number of fused-ring (bicyclic) bond motifs is 1. The van der Waals surface area contributed by atoms with Gasteiger partial charge in [0.2, 0.25) is 0 Å². The number of nitrogens with one attached hydrogen (secondary N) is 2. The molecule has 0 bridgehead atoms. The maximum Gasteiger partial charge on any atom is 0.0455 e. The molecule has 1 saturated heterocycles. The molecule has 0 spiro atoms. The predicted molar refractivity (Wildman–Crippen MR) is 92.8 cm³/mol. The molecular weight excluding hydrogens is 270 g/mol. The Labute approximate surface area is 132 Å². The fourth-order valence-corrected chi connectivity index (χ4v) is 3.64. The van der Waals surface area contributed by atoms with Crippen LogP contribution in [0.1, 0.15) is 11.1 Å². The summed E-state index contributed by atoms with van der Waals surface area (Å²) in [5, 5.41) is 7.00. The van der Waals surface area contributed by atoms with E-state index in [2.05, 4.69) is 64.1 Å². The smallest absolute Gasteiger partial charge is 0.0455 e. The Bertz CT molecular complexity index is 638. The van der Waals surface area contributed by atoms with Crippen molar-refractivity contribution >= 4 is 11.4 Å². The van der Waals surface area contributed by atoms with E-state index in [-0.39, 0.29) is 0 Å². The Morgan fingerprint density at radius 2 is 1.95 bits per heavy atom. The first-order valence-electron chi connectivity index (χ1n) is 8.28. The maximum atomic E-state index is 3.55. The maximum absolute atomic E-state index is 3.55. The molecule has 0 aromatic heterocycles. The van der Waals surface area contributed by atoms with Crippen molar-refractivity contribution in [3.8, 4) is 0 Å². The molecule has 3 nitrogen and oxygen atoms in total. The van der Waals surface area contributed by atoms with Crippen LogP contribution in [0.5, 0.6) is 0 Å². The first kappa shape index (κ1) is 13.6. The Hall–Kier alpha value is -2.00. The highest BCUT2D eigenvalue weighted by Gasteiger charge is 2.23. The van der Waals surface area contributed by atoms with E-state index in [0.29, 0.717) is 6.04 Å². The molecular formula is C19H23N3. The first-order valence-corrected chi connectivity index (χ1v) is 8.28. The highest BCUT2D eigenvalue weighted by atomic mass is 15.2. The van der Waals surface area contributed by atoms with Crippen molar-refractivity contribution < 1.29 is 0 Å². The Morgan fingerprint density at radius 1 is 1.05 bits per heavy atom. The number of nitrogens with zero attached hydrogens (tertiary/aromatic N) is 1. The fourth-order valence-electron chi connectivity index (χ4n) is 3.64. The molecule has 22 heavy (non-hydrogen) atoms. The lowest BCUT2D eigenvalue weighted by Crippen LogP contribution is -2.52. The van der Waals surface area contributed by atoms with E-state index in [1.165, 1.54) is 22.5 Å². The van der Waals surface area contributed by atoms with Crippen LogP contribution in [-0.2, 0) is 12.8 Å². The highest BCUT2D eigenvalue weighted by Crippen LogP contribution is 2.29. The van der Waals surface area contributed by atoms with Crippen molar-refractivity contribution in [1.82, 2.24) is 5.32 Å². The number of hydrogen-bond donors (Lipinski definition) is 2. The van der Waals surface area contributed by atoms with Gasteiger partial charge in [0.25, 0.3) is 0 Å². The average molecular weight is 293 g/mol. The van der Waals surface area contributed by atoms with E-state index < -0.39 is 0 Å². The number of anilines is 2. The van der Waals surface area contributed by atoms with Crippen LogP contribution in [0.15, 0.2) is 48.5 Å². The van der Waals surface area contributed by atoms with Crippen molar-refractivity contribution in [1.29, 1.82) is 0 Å². The van der Waals surface area contributed by atoms with E-state index in [1.54, 1.807) is 0 Å². The van der Waals surface area contributed by atoms with Gasteiger partial charge in [0.15, 0.2) is 0 Å². The van der Waals surface area contributed by atoms with E-state index in [9.17, 15) is 0 Å². The zero-order valence-corrected chi connectivity index (χ0v) is 12.9. The Morgan fingerprint density at radius 3 is 2.86 bits per heavy atom. The van der Waals surface area contributed by atoms with Gasteiger partial charge in [-0.15, -0.1) is 0 Å². The number of rotatable bonds is 3. The number of benzene rings is 2. The second kappa shape index (κ2) is 6.01. The summed E-state index contributed by atoms with van der Waals surface area (Å²) in [6.07, 6.45) is 2.25. The molecule has 2 aromatic rings. The minimum absolute atomic E-state index is 0.531. The van der Waals surface area contributed by atoms with Crippen molar-refractivity contribution in [3.05, 3.63) is 59.7 Å². The lowest BCUT2D eigenvalue weighted by Gasteiger charge is -2.38. The van der Waals surface area contributed by atoms with Crippen LogP contribution < -0.4 is 15.5 Å². The van der Waals surface area contributed by atoms with Crippen LogP contribution in [0.25, 0.3) is 0 Å². The lowest BCUT2D eigenvalue weighted by molar-refractivity contribution is 0.473. The van der Waals surface area contributed by atoms with Gasteiger partial charge in [-0.3, -0.25) is 0 Å². The molecule has 2 heterocycles. The summed E-state index contributed by atoms with van der Waals surface area (Å²) in [6.45, 7) is 4.29. The summed E-state index contributed by atoms with van der Waals surface area (Å²) in [4.78, 5) is 2.59. The third-order valence-electron chi connectivity index (χ3n) is 4.79. The summed E-state index contributed by atoms with van der Waals surface area (Å²) in [6, 6.07) is 18.3. The van der Waals surface area contributed by atoms with Gasteiger partial charge in [0.05, 0.1) is 0 Å². The quantitative estimate of drug-likeness (QED) is 0.911. The topological polar surface area (TPSA) is 27.3 Å². The van der Waals surface area contributed by atoms with Crippen LogP contribution in [-0.4, -0.2) is 32.2 Å². The second-order valence-electron chi connectivity index (χ2n) is 6.26. The minimum Gasteiger partial charge on any atom is -0.384 e. The second-order valence-corrected chi connectivity index (χ2v) is 6.26. The minimum atomic E-state index is 0.531. The highest BCUT2D eigenvalue weighted by molar-refractivity contribution is 5.63. The van der Waals surface area contributed by atoms with Crippen LogP contribution in [0.3, 0.4) is 0 Å². The fraction of sp³-hybridized carbons (Fsp3) is 0.368. The van der Waals surface area contributed by atoms with Crippen molar-refractivity contribution in [2.75, 3.05) is 36.4 Å². The van der Waals surface area contributed by atoms with Crippen molar-refractivity contribution in [2.45, 2.75) is 18.9 Å². The molecule has 2 N–H and O–H groups in total. The molecule has 0 radical (unpaired) electrons. The van der Waals surface area contributed by atoms with Crippen LogP contribution >= 0.6 is 0 Å². The molecule has 2 aliphatic rings. The van der Waals surface area contributed by atoms with E-state index in [0.717, 1.165) is 39.0 Å². The number of piperazine rings is 1. The van der Waals surface area contributed by atoms with Crippen LogP contribution in [0.2, 0.25) is 0 Å². The SMILES string of the molecule is c1ccc(CC2CNCCN2c2ccc3c(c2)CCN3)cc1. The molecule has 1 atom stereocenters. The van der Waals surface area contributed by atoms with Gasteiger partial charge in [-0.05, 0) is 42.2 Å². The van der Waals surface area contributed by atoms with Crippen molar-refractivity contribution in [3.63, 3.8) is 0 Å². The molecule has 114 valence electrons. The molecule has 4 rings (SSSR count). The van der Waals surface area contributed by atoms with Crippen molar-refractivity contribution in [2.24, 2.45) is 0 Å². The molecule has 1 fully saturated rings. The Kier molecular flexibility index (Phi) is 3.73. The third-order valence-corrected chi connectivity index (χ3v) is 4.79. The molecule has 0 aliphatic carbocycles. The summed E-state index contributed by atoms with van der Waals surface area (Å²) in [5.41, 5.74) is 5.59. The summed E-state index contributed by atoms with van der Waals surface area (Å²) in [7, 11) is 0. The lowest BCUT2D eigenvalue weighted by atomic mass is 10.0. The third kappa shape index (κ3) is 2.69.